The minimum absolute atomic E-state index is 0.0731. The van der Waals surface area contributed by atoms with Crippen LogP contribution in [0.2, 0.25) is 0 Å². The van der Waals surface area contributed by atoms with Gasteiger partial charge in [-0.1, -0.05) is 251 Å². The molecule has 0 fully saturated rings. The molecule has 0 bridgehead atoms. The van der Waals surface area contributed by atoms with Crippen molar-refractivity contribution in [3.8, 4) is 0 Å². The number of ether oxygens (including phenoxy) is 3. The van der Waals surface area contributed by atoms with Gasteiger partial charge in [-0.15, -0.1) is 0 Å². The molecule has 0 saturated carbocycles. The Morgan fingerprint density at radius 2 is 0.531 bits per heavy atom. The highest BCUT2D eigenvalue weighted by atomic mass is 16.6. The Hall–Kier alpha value is -2.11. The molecule has 0 heterocycles. The van der Waals surface area contributed by atoms with E-state index in [1.807, 2.05) is 0 Å². The molecule has 0 amide bonds. The van der Waals surface area contributed by atoms with E-state index in [1.54, 1.807) is 0 Å². The first-order valence-corrected chi connectivity index (χ1v) is 28.3. The maximum Gasteiger partial charge on any atom is 0.306 e. The largest absolute Gasteiger partial charge is 0.462 e. The van der Waals surface area contributed by atoms with Gasteiger partial charge < -0.3 is 14.2 Å². The number of rotatable bonds is 52. The Bertz CT molecular complexity index is 1040. The molecule has 0 aliphatic heterocycles. The molecule has 0 saturated heterocycles. The highest BCUT2D eigenvalue weighted by Gasteiger charge is 2.19. The molecular formula is C58H108O6. The summed E-state index contributed by atoms with van der Waals surface area (Å²) in [6, 6.07) is 0. The Morgan fingerprint density at radius 1 is 0.297 bits per heavy atom. The molecule has 0 aliphatic carbocycles. The molecule has 64 heavy (non-hydrogen) atoms. The lowest BCUT2D eigenvalue weighted by Gasteiger charge is -2.18. The maximum absolute atomic E-state index is 12.8. The quantitative estimate of drug-likeness (QED) is 0.0262. The summed E-state index contributed by atoms with van der Waals surface area (Å²) < 4.78 is 16.8. The minimum atomic E-state index is -0.774. The van der Waals surface area contributed by atoms with Crippen LogP contribution in [0.25, 0.3) is 0 Å². The zero-order chi connectivity index (χ0) is 46.5. The zero-order valence-electron chi connectivity index (χ0n) is 43.1. The fourth-order valence-corrected chi connectivity index (χ4v) is 8.36. The van der Waals surface area contributed by atoms with Crippen LogP contribution in [0.3, 0.4) is 0 Å². The first-order valence-electron chi connectivity index (χ1n) is 28.3. The van der Waals surface area contributed by atoms with Gasteiger partial charge in [0.05, 0.1) is 0 Å². The Kier molecular flexibility index (Phi) is 51.7. The standard InChI is InChI=1S/C58H108O6/c1-4-7-10-13-16-19-22-24-26-28-29-30-32-33-36-39-42-45-48-51-57(60)63-54-55(53-62-56(59)50-47-44-41-38-35-21-18-15-12-9-6-3)64-58(61)52-49-46-43-40-37-34-31-27-25-23-20-17-14-11-8-5-2/h15,18,27,31,55H,4-14,16-17,19-26,28-30,32-54H2,1-3H3/b18-15-,31-27-/t55-/m1/s1. The molecule has 0 aromatic rings. The number of allylic oxidation sites excluding steroid dienone is 4. The van der Waals surface area contributed by atoms with Gasteiger partial charge in [-0.3, -0.25) is 14.4 Å². The van der Waals surface area contributed by atoms with E-state index in [4.69, 9.17) is 14.2 Å². The van der Waals surface area contributed by atoms with Gasteiger partial charge in [0.25, 0.3) is 0 Å². The van der Waals surface area contributed by atoms with Gasteiger partial charge in [-0.2, -0.15) is 0 Å². The van der Waals surface area contributed by atoms with Crippen LogP contribution in [0.15, 0.2) is 24.3 Å². The van der Waals surface area contributed by atoms with Crippen molar-refractivity contribution in [3.05, 3.63) is 24.3 Å². The third-order valence-electron chi connectivity index (χ3n) is 12.7. The van der Waals surface area contributed by atoms with E-state index in [1.165, 1.54) is 199 Å². The molecular weight excluding hydrogens is 793 g/mol. The lowest BCUT2D eigenvalue weighted by molar-refractivity contribution is -0.167. The van der Waals surface area contributed by atoms with Crippen LogP contribution in [0, 0.1) is 0 Å². The van der Waals surface area contributed by atoms with E-state index < -0.39 is 6.10 Å². The van der Waals surface area contributed by atoms with Crippen molar-refractivity contribution in [1.29, 1.82) is 0 Å². The third-order valence-corrected chi connectivity index (χ3v) is 12.7. The van der Waals surface area contributed by atoms with Crippen molar-refractivity contribution in [1.82, 2.24) is 0 Å². The number of hydrogen-bond acceptors (Lipinski definition) is 6. The van der Waals surface area contributed by atoms with E-state index in [0.717, 1.165) is 70.6 Å². The molecule has 0 aromatic carbocycles. The van der Waals surface area contributed by atoms with Crippen LogP contribution < -0.4 is 0 Å². The van der Waals surface area contributed by atoms with E-state index in [9.17, 15) is 14.4 Å². The van der Waals surface area contributed by atoms with Crippen LogP contribution in [0.1, 0.15) is 310 Å². The van der Waals surface area contributed by atoms with Gasteiger partial charge in [0.15, 0.2) is 6.10 Å². The first-order chi connectivity index (χ1) is 31.5. The van der Waals surface area contributed by atoms with E-state index in [-0.39, 0.29) is 31.1 Å². The first kappa shape index (κ1) is 61.9. The highest BCUT2D eigenvalue weighted by Crippen LogP contribution is 2.17. The van der Waals surface area contributed by atoms with E-state index in [2.05, 4.69) is 45.1 Å². The summed E-state index contributed by atoms with van der Waals surface area (Å²) in [5.41, 5.74) is 0. The monoisotopic (exact) mass is 901 g/mol. The van der Waals surface area contributed by atoms with Crippen molar-refractivity contribution in [2.24, 2.45) is 0 Å². The molecule has 0 unspecified atom stereocenters. The van der Waals surface area contributed by atoms with Gasteiger partial charge in [0.2, 0.25) is 0 Å². The smallest absolute Gasteiger partial charge is 0.306 e. The summed E-state index contributed by atoms with van der Waals surface area (Å²) in [4.78, 5) is 38.0. The van der Waals surface area contributed by atoms with Crippen LogP contribution in [0.4, 0.5) is 0 Å². The molecule has 0 radical (unpaired) electrons. The predicted octanol–water partition coefficient (Wildman–Crippen LogP) is 18.7. The second-order valence-corrected chi connectivity index (χ2v) is 19.2. The van der Waals surface area contributed by atoms with Crippen LogP contribution in [0.5, 0.6) is 0 Å². The number of carbonyl (C=O) groups is 3. The van der Waals surface area contributed by atoms with Crippen molar-refractivity contribution in [2.75, 3.05) is 13.2 Å². The van der Waals surface area contributed by atoms with Gasteiger partial charge >= 0.3 is 17.9 Å². The van der Waals surface area contributed by atoms with E-state index in [0.29, 0.717) is 19.3 Å². The van der Waals surface area contributed by atoms with Crippen LogP contribution in [-0.2, 0) is 28.6 Å². The summed E-state index contributed by atoms with van der Waals surface area (Å²) in [5, 5.41) is 0. The summed E-state index contributed by atoms with van der Waals surface area (Å²) in [7, 11) is 0. The predicted molar refractivity (Wildman–Crippen MR) is 275 cm³/mol. The molecule has 0 aromatic heterocycles. The van der Waals surface area contributed by atoms with Gasteiger partial charge in [0.1, 0.15) is 13.2 Å². The molecule has 1 atom stereocenters. The van der Waals surface area contributed by atoms with E-state index >= 15 is 0 Å². The number of unbranched alkanes of at least 4 members (excludes halogenated alkanes) is 37. The minimum Gasteiger partial charge on any atom is -0.462 e. The Morgan fingerprint density at radius 3 is 0.828 bits per heavy atom. The fraction of sp³-hybridized carbons (Fsp3) is 0.879. The maximum atomic E-state index is 12.8. The van der Waals surface area contributed by atoms with Gasteiger partial charge in [-0.05, 0) is 64.2 Å². The van der Waals surface area contributed by atoms with Crippen molar-refractivity contribution < 1.29 is 28.6 Å². The molecule has 0 spiro atoms. The molecule has 6 heteroatoms. The second-order valence-electron chi connectivity index (χ2n) is 19.2. The summed E-state index contributed by atoms with van der Waals surface area (Å²) >= 11 is 0. The SMILES string of the molecule is CCCC/C=C\CCCCCCCC(=O)OC[C@H](COC(=O)CCCCCCCCCCCCCCCCCCCCC)OC(=O)CCCCCCC/C=C\CCCCCCCCC. The fourth-order valence-electron chi connectivity index (χ4n) is 8.36. The second kappa shape index (κ2) is 53.5. The van der Waals surface area contributed by atoms with Crippen molar-refractivity contribution in [3.63, 3.8) is 0 Å². The summed E-state index contributed by atoms with van der Waals surface area (Å²) in [6.07, 6.45) is 61.7. The molecule has 0 N–H and O–H groups in total. The summed E-state index contributed by atoms with van der Waals surface area (Å²) in [6.45, 7) is 6.63. The van der Waals surface area contributed by atoms with Gasteiger partial charge in [-0.25, -0.2) is 0 Å². The lowest BCUT2D eigenvalue weighted by atomic mass is 10.0. The average molecular weight is 901 g/mol. The average Bonchev–Trinajstić information content (AvgIpc) is 3.29. The molecule has 376 valence electrons. The Balaban J connectivity index is 4.29. The van der Waals surface area contributed by atoms with Crippen LogP contribution >= 0.6 is 0 Å². The van der Waals surface area contributed by atoms with Crippen LogP contribution in [-0.4, -0.2) is 37.2 Å². The number of esters is 3. The zero-order valence-corrected chi connectivity index (χ0v) is 43.1. The molecule has 6 nitrogen and oxygen atoms in total. The summed E-state index contributed by atoms with van der Waals surface area (Å²) in [5.74, 6) is -0.874. The third kappa shape index (κ3) is 50.9. The van der Waals surface area contributed by atoms with Gasteiger partial charge in [0, 0.05) is 19.3 Å². The topological polar surface area (TPSA) is 78.9 Å². The Labute approximate surface area is 398 Å². The van der Waals surface area contributed by atoms with Crippen molar-refractivity contribution in [2.45, 2.75) is 316 Å². The normalized spacial score (nSPS) is 12.1. The lowest BCUT2D eigenvalue weighted by Crippen LogP contribution is -2.30. The number of hydrogen-bond donors (Lipinski definition) is 0. The molecule has 0 rings (SSSR count). The highest BCUT2D eigenvalue weighted by molar-refractivity contribution is 5.71. The molecule has 0 aliphatic rings. The number of carbonyl (C=O) groups excluding carboxylic acids is 3. The van der Waals surface area contributed by atoms with Crippen molar-refractivity contribution >= 4 is 17.9 Å².